The second-order valence-corrected chi connectivity index (χ2v) is 10.5. The Bertz CT molecular complexity index is 906. The fraction of sp³-hybridized carbons (Fsp3) is 0.565. The zero-order valence-corrected chi connectivity index (χ0v) is 18.1. The normalized spacial score (nSPS) is 30.1. The molecule has 0 spiro atoms. The van der Waals surface area contributed by atoms with Crippen LogP contribution in [0.3, 0.4) is 0 Å². The standard InChI is InChI=1S/C23H28N4O2S/c1-14(28)24-19(18-5-3-2-4-6-18)10-20(29)25-22-27-26-21(30-22)23-11-15-7-16(12-23)9-17(8-15)13-23/h2-6,15-17,19H,7-13H2,1H3,(H,24,28)(H,25,27,29). The summed E-state index contributed by atoms with van der Waals surface area (Å²) in [4.78, 5) is 24.3. The van der Waals surface area contributed by atoms with E-state index >= 15 is 0 Å². The lowest BCUT2D eigenvalue weighted by atomic mass is 9.50. The number of nitrogens with zero attached hydrogens (tertiary/aromatic N) is 2. The first-order chi connectivity index (χ1) is 14.5. The van der Waals surface area contributed by atoms with Crippen molar-refractivity contribution < 1.29 is 9.59 Å². The SMILES string of the molecule is CC(=O)NC(CC(=O)Nc1nnc(C23CC4CC(CC(C4)C2)C3)s1)c1ccccc1. The van der Waals surface area contributed by atoms with Gasteiger partial charge in [-0.05, 0) is 61.8 Å². The van der Waals surface area contributed by atoms with Crippen LogP contribution < -0.4 is 10.6 Å². The van der Waals surface area contributed by atoms with Crippen LogP contribution in [-0.2, 0) is 15.0 Å². The van der Waals surface area contributed by atoms with E-state index in [1.54, 1.807) is 11.3 Å². The third kappa shape index (κ3) is 3.87. The average molecular weight is 425 g/mol. The molecule has 2 N–H and O–H groups in total. The maximum absolute atomic E-state index is 12.7. The molecule has 4 aliphatic rings. The molecule has 0 aliphatic heterocycles. The van der Waals surface area contributed by atoms with Gasteiger partial charge in [0.25, 0.3) is 0 Å². The van der Waals surface area contributed by atoms with Gasteiger partial charge in [-0.1, -0.05) is 41.7 Å². The van der Waals surface area contributed by atoms with Gasteiger partial charge in [0.15, 0.2) is 0 Å². The summed E-state index contributed by atoms with van der Waals surface area (Å²) in [7, 11) is 0. The molecule has 7 heteroatoms. The highest BCUT2D eigenvalue weighted by molar-refractivity contribution is 7.15. The van der Waals surface area contributed by atoms with Gasteiger partial charge in [-0.2, -0.15) is 0 Å². The highest BCUT2D eigenvalue weighted by Crippen LogP contribution is 2.61. The quantitative estimate of drug-likeness (QED) is 0.727. The summed E-state index contributed by atoms with van der Waals surface area (Å²) in [5.74, 6) is 2.23. The van der Waals surface area contributed by atoms with Crippen LogP contribution in [0, 0.1) is 17.8 Å². The fourth-order valence-corrected chi connectivity index (χ4v) is 7.38. The molecule has 4 aliphatic carbocycles. The lowest BCUT2D eigenvalue weighted by molar-refractivity contribution is -0.120. The van der Waals surface area contributed by atoms with Crippen molar-refractivity contribution in [3.05, 3.63) is 40.9 Å². The maximum atomic E-state index is 12.7. The Hall–Kier alpha value is -2.28. The molecule has 2 aromatic rings. The van der Waals surface area contributed by atoms with E-state index < -0.39 is 0 Å². The third-order valence-electron chi connectivity index (χ3n) is 7.13. The molecular formula is C23H28N4O2S. The number of benzene rings is 1. The number of nitrogens with one attached hydrogen (secondary N) is 2. The van der Waals surface area contributed by atoms with Gasteiger partial charge in [0, 0.05) is 12.3 Å². The highest BCUT2D eigenvalue weighted by atomic mass is 32.1. The Morgan fingerprint density at radius 2 is 1.70 bits per heavy atom. The second-order valence-electron chi connectivity index (χ2n) is 9.53. The van der Waals surface area contributed by atoms with E-state index in [4.69, 9.17) is 0 Å². The molecule has 6 rings (SSSR count). The predicted octanol–water partition coefficient (Wildman–Crippen LogP) is 4.21. The summed E-state index contributed by atoms with van der Waals surface area (Å²) in [6.07, 6.45) is 8.06. The molecule has 1 atom stereocenters. The van der Waals surface area contributed by atoms with Gasteiger partial charge in [0.05, 0.1) is 12.5 Å². The summed E-state index contributed by atoms with van der Waals surface area (Å²) < 4.78 is 0. The molecule has 0 radical (unpaired) electrons. The van der Waals surface area contributed by atoms with Crippen molar-refractivity contribution in [2.24, 2.45) is 17.8 Å². The maximum Gasteiger partial charge on any atom is 0.228 e. The van der Waals surface area contributed by atoms with Gasteiger partial charge in [-0.3, -0.25) is 9.59 Å². The zero-order valence-electron chi connectivity index (χ0n) is 17.3. The molecule has 158 valence electrons. The number of aromatic nitrogens is 2. The van der Waals surface area contributed by atoms with Crippen molar-refractivity contribution in [1.82, 2.24) is 15.5 Å². The Morgan fingerprint density at radius 1 is 1.07 bits per heavy atom. The van der Waals surface area contributed by atoms with E-state index in [1.807, 2.05) is 30.3 Å². The fourth-order valence-electron chi connectivity index (χ4n) is 6.40. The van der Waals surface area contributed by atoms with E-state index in [0.717, 1.165) is 28.3 Å². The van der Waals surface area contributed by atoms with Crippen molar-refractivity contribution in [1.29, 1.82) is 0 Å². The smallest absolute Gasteiger partial charge is 0.228 e. The highest BCUT2D eigenvalue weighted by Gasteiger charge is 2.53. The Balaban J connectivity index is 1.27. The number of hydrogen-bond donors (Lipinski definition) is 2. The number of anilines is 1. The second kappa shape index (κ2) is 7.76. The molecule has 1 aromatic carbocycles. The van der Waals surface area contributed by atoms with E-state index in [1.165, 1.54) is 45.4 Å². The van der Waals surface area contributed by atoms with Gasteiger partial charge in [0.2, 0.25) is 16.9 Å². The Morgan fingerprint density at radius 3 is 2.30 bits per heavy atom. The topological polar surface area (TPSA) is 84.0 Å². The number of carbonyl (C=O) groups excluding carboxylic acids is 2. The summed E-state index contributed by atoms with van der Waals surface area (Å²) in [6, 6.07) is 9.21. The van der Waals surface area contributed by atoms with Gasteiger partial charge in [-0.25, -0.2) is 0 Å². The summed E-state index contributed by atoms with van der Waals surface area (Å²) in [5.41, 5.74) is 1.10. The summed E-state index contributed by atoms with van der Waals surface area (Å²) >= 11 is 1.54. The minimum atomic E-state index is -0.362. The molecule has 2 amide bonds. The summed E-state index contributed by atoms with van der Waals surface area (Å²) in [6.45, 7) is 1.47. The van der Waals surface area contributed by atoms with E-state index in [-0.39, 0.29) is 29.7 Å². The van der Waals surface area contributed by atoms with Crippen LogP contribution in [-0.4, -0.2) is 22.0 Å². The van der Waals surface area contributed by atoms with Crippen LogP contribution in [0.5, 0.6) is 0 Å². The van der Waals surface area contributed by atoms with E-state index in [0.29, 0.717) is 5.13 Å². The van der Waals surface area contributed by atoms with Gasteiger partial charge < -0.3 is 10.6 Å². The van der Waals surface area contributed by atoms with Crippen LogP contribution in [0.4, 0.5) is 5.13 Å². The van der Waals surface area contributed by atoms with Crippen molar-refractivity contribution in [2.45, 2.75) is 63.3 Å². The number of carbonyl (C=O) groups is 2. The first-order valence-corrected chi connectivity index (χ1v) is 11.8. The molecule has 6 nitrogen and oxygen atoms in total. The molecular weight excluding hydrogens is 396 g/mol. The van der Waals surface area contributed by atoms with Crippen LogP contribution in [0.15, 0.2) is 30.3 Å². The third-order valence-corrected chi connectivity index (χ3v) is 8.22. The molecule has 4 bridgehead atoms. The molecule has 1 aromatic heterocycles. The monoisotopic (exact) mass is 424 g/mol. The van der Waals surface area contributed by atoms with Gasteiger partial charge >= 0.3 is 0 Å². The largest absolute Gasteiger partial charge is 0.349 e. The first-order valence-electron chi connectivity index (χ1n) is 10.9. The van der Waals surface area contributed by atoms with Crippen LogP contribution >= 0.6 is 11.3 Å². The van der Waals surface area contributed by atoms with Crippen molar-refractivity contribution in [3.63, 3.8) is 0 Å². The summed E-state index contributed by atoms with van der Waals surface area (Å²) in [5, 5.41) is 16.3. The average Bonchev–Trinajstić information content (AvgIpc) is 3.16. The van der Waals surface area contributed by atoms with Crippen molar-refractivity contribution in [2.75, 3.05) is 5.32 Å². The van der Waals surface area contributed by atoms with E-state index in [9.17, 15) is 9.59 Å². The molecule has 1 heterocycles. The Kier molecular flexibility index (Phi) is 5.09. The zero-order chi connectivity index (χ0) is 20.7. The minimum Gasteiger partial charge on any atom is -0.349 e. The molecule has 30 heavy (non-hydrogen) atoms. The number of rotatable bonds is 6. The van der Waals surface area contributed by atoms with Crippen LogP contribution in [0.2, 0.25) is 0 Å². The van der Waals surface area contributed by atoms with E-state index in [2.05, 4.69) is 20.8 Å². The van der Waals surface area contributed by atoms with Crippen LogP contribution in [0.1, 0.15) is 68.5 Å². The van der Waals surface area contributed by atoms with Crippen molar-refractivity contribution >= 4 is 28.3 Å². The first kappa shape index (κ1) is 19.7. The van der Waals surface area contributed by atoms with Crippen LogP contribution in [0.25, 0.3) is 0 Å². The molecule has 4 saturated carbocycles. The molecule has 0 saturated heterocycles. The van der Waals surface area contributed by atoms with Gasteiger partial charge in [-0.15, -0.1) is 10.2 Å². The van der Waals surface area contributed by atoms with Crippen molar-refractivity contribution in [3.8, 4) is 0 Å². The number of hydrogen-bond acceptors (Lipinski definition) is 5. The lowest BCUT2D eigenvalue weighted by Gasteiger charge is -2.55. The predicted molar refractivity (Wildman–Crippen MR) is 116 cm³/mol. The number of amides is 2. The lowest BCUT2D eigenvalue weighted by Crippen LogP contribution is -2.48. The molecule has 4 fully saturated rings. The Labute approximate surface area is 180 Å². The van der Waals surface area contributed by atoms with Gasteiger partial charge in [0.1, 0.15) is 5.01 Å². The molecule has 1 unspecified atom stereocenters. The minimum absolute atomic E-state index is 0.156.